The Kier molecular flexibility index (Phi) is 2.19. The fourth-order valence-corrected chi connectivity index (χ4v) is 4.37. The van der Waals surface area contributed by atoms with Crippen LogP contribution in [0.5, 0.6) is 0 Å². The summed E-state index contributed by atoms with van der Waals surface area (Å²) in [5.41, 5.74) is 4.30. The Morgan fingerprint density at radius 1 is 0.680 bits per heavy atom. The molecule has 0 aliphatic heterocycles. The van der Waals surface area contributed by atoms with Gasteiger partial charge in [0.1, 0.15) is 6.07 Å². The first-order valence-electron chi connectivity index (χ1n) is 8.37. The normalized spacial score (nSPS) is 12.0. The quantitative estimate of drug-likeness (QED) is 0.345. The van der Waals surface area contributed by atoms with E-state index in [1.807, 2.05) is 18.2 Å². The first kappa shape index (κ1) is 12.8. The van der Waals surface area contributed by atoms with Gasteiger partial charge in [0.2, 0.25) is 0 Å². The molecule has 0 amide bonds. The number of para-hydroxylation sites is 2. The van der Waals surface area contributed by atoms with Crippen LogP contribution in [0.3, 0.4) is 0 Å². The molecule has 25 heavy (non-hydrogen) atoms. The summed E-state index contributed by atoms with van der Waals surface area (Å²) < 4.78 is 2.32. The number of benzene rings is 4. The zero-order valence-corrected chi connectivity index (χ0v) is 13.3. The van der Waals surface area contributed by atoms with Crippen LogP contribution in [-0.2, 0) is 0 Å². The van der Waals surface area contributed by atoms with Crippen molar-refractivity contribution in [2.75, 3.05) is 0 Å². The summed E-state index contributed by atoms with van der Waals surface area (Å²) in [4.78, 5) is 0. The van der Waals surface area contributed by atoms with Crippen molar-refractivity contribution < 1.29 is 0 Å². The van der Waals surface area contributed by atoms with Crippen molar-refractivity contribution >= 4 is 48.9 Å². The Balaban J connectivity index is 2.07. The van der Waals surface area contributed by atoms with Crippen molar-refractivity contribution in [1.82, 2.24) is 4.40 Å². The molecule has 6 aromatic rings. The number of rotatable bonds is 0. The van der Waals surface area contributed by atoms with Crippen LogP contribution in [0.4, 0.5) is 0 Å². The molecular formula is C23H12N2. The van der Waals surface area contributed by atoms with Crippen LogP contribution in [0.1, 0.15) is 5.56 Å². The Morgan fingerprint density at radius 3 is 2.28 bits per heavy atom. The largest absolute Gasteiger partial charge is 0.308 e. The smallest absolute Gasteiger partial charge is 0.101 e. The average Bonchev–Trinajstić information content (AvgIpc) is 3.18. The summed E-state index contributed by atoms with van der Waals surface area (Å²) >= 11 is 0. The molecule has 0 saturated carbocycles. The van der Waals surface area contributed by atoms with Crippen LogP contribution in [0.25, 0.3) is 48.9 Å². The molecule has 4 aromatic carbocycles. The van der Waals surface area contributed by atoms with E-state index < -0.39 is 0 Å². The lowest BCUT2D eigenvalue weighted by Gasteiger charge is -2.04. The van der Waals surface area contributed by atoms with Crippen molar-refractivity contribution in [2.24, 2.45) is 0 Å². The summed E-state index contributed by atoms with van der Waals surface area (Å²) in [6.45, 7) is 0. The molecular weight excluding hydrogens is 304 g/mol. The minimum Gasteiger partial charge on any atom is -0.308 e. The Bertz CT molecular complexity index is 1500. The predicted octanol–water partition coefficient (Wildman–Crippen LogP) is 5.86. The van der Waals surface area contributed by atoms with Gasteiger partial charge in [0.15, 0.2) is 0 Å². The van der Waals surface area contributed by atoms with Crippen molar-refractivity contribution in [3.63, 3.8) is 0 Å². The zero-order valence-electron chi connectivity index (χ0n) is 13.3. The molecule has 0 aliphatic carbocycles. The first-order valence-corrected chi connectivity index (χ1v) is 8.37. The fraction of sp³-hybridized carbons (Fsp3) is 0. The molecule has 0 N–H and O–H groups in total. The highest BCUT2D eigenvalue weighted by molar-refractivity contribution is 6.26. The summed E-state index contributed by atoms with van der Waals surface area (Å²) in [6.07, 6.45) is 0. The van der Waals surface area contributed by atoms with Gasteiger partial charge in [-0.15, -0.1) is 0 Å². The zero-order chi connectivity index (χ0) is 16.5. The fourth-order valence-electron chi connectivity index (χ4n) is 4.37. The van der Waals surface area contributed by atoms with Gasteiger partial charge in [-0.1, -0.05) is 60.7 Å². The summed E-state index contributed by atoms with van der Waals surface area (Å²) in [5, 5.41) is 16.8. The molecule has 2 aromatic heterocycles. The highest BCUT2D eigenvalue weighted by Gasteiger charge is 2.20. The van der Waals surface area contributed by atoms with E-state index in [0.29, 0.717) is 0 Å². The SMILES string of the molecule is N#Cc1c2ccccc2cc2c1c1cccc3c4ccccc4n2c31. The van der Waals surface area contributed by atoms with Crippen molar-refractivity contribution in [3.8, 4) is 6.07 Å². The minimum absolute atomic E-state index is 0.772. The van der Waals surface area contributed by atoms with Gasteiger partial charge in [-0.25, -0.2) is 0 Å². The van der Waals surface area contributed by atoms with E-state index in [4.69, 9.17) is 0 Å². The van der Waals surface area contributed by atoms with Crippen LogP contribution >= 0.6 is 0 Å². The molecule has 2 nitrogen and oxygen atoms in total. The Labute approximate surface area is 143 Å². The molecule has 0 fully saturated rings. The maximum Gasteiger partial charge on any atom is 0.101 e. The van der Waals surface area contributed by atoms with E-state index in [-0.39, 0.29) is 0 Å². The number of nitrogens with zero attached hydrogens (tertiary/aromatic N) is 2. The standard InChI is InChI=1S/C23H12N2/c24-13-19-15-7-2-1-6-14(15)12-21-22(19)18-10-5-9-17-16-8-3-4-11-20(16)25(21)23(17)18/h1-12H. The molecule has 2 heterocycles. The number of fused-ring (bicyclic) bond motifs is 7. The lowest BCUT2D eigenvalue weighted by molar-refractivity contribution is 1.37. The van der Waals surface area contributed by atoms with Gasteiger partial charge in [0, 0.05) is 26.9 Å². The van der Waals surface area contributed by atoms with Crippen LogP contribution in [0.15, 0.2) is 72.8 Å². The van der Waals surface area contributed by atoms with Crippen molar-refractivity contribution in [1.29, 1.82) is 5.26 Å². The second-order valence-electron chi connectivity index (χ2n) is 6.53. The molecule has 0 atom stereocenters. The molecule has 0 radical (unpaired) electrons. The van der Waals surface area contributed by atoms with E-state index >= 15 is 0 Å². The summed E-state index contributed by atoms with van der Waals surface area (Å²) in [5.74, 6) is 0. The maximum absolute atomic E-state index is 9.93. The number of aromatic nitrogens is 1. The van der Waals surface area contributed by atoms with Gasteiger partial charge in [-0.3, -0.25) is 0 Å². The molecule has 114 valence electrons. The van der Waals surface area contributed by atoms with Crippen molar-refractivity contribution in [2.45, 2.75) is 0 Å². The third kappa shape index (κ3) is 1.40. The van der Waals surface area contributed by atoms with Gasteiger partial charge in [-0.2, -0.15) is 5.26 Å². The van der Waals surface area contributed by atoms with E-state index in [1.165, 1.54) is 21.8 Å². The van der Waals surface area contributed by atoms with Gasteiger partial charge in [-0.05, 0) is 17.5 Å². The van der Waals surface area contributed by atoms with Crippen LogP contribution < -0.4 is 0 Å². The molecule has 0 bridgehead atoms. The van der Waals surface area contributed by atoms with E-state index in [9.17, 15) is 5.26 Å². The van der Waals surface area contributed by atoms with Crippen molar-refractivity contribution in [3.05, 3.63) is 78.4 Å². The highest BCUT2D eigenvalue weighted by Crippen LogP contribution is 2.41. The second-order valence-corrected chi connectivity index (χ2v) is 6.53. The molecule has 0 unspecified atom stereocenters. The lowest BCUT2D eigenvalue weighted by atomic mass is 9.98. The third-order valence-corrected chi connectivity index (χ3v) is 5.35. The first-order chi connectivity index (χ1) is 12.4. The lowest BCUT2D eigenvalue weighted by Crippen LogP contribution is -1.85. The topological polar surface area (TPSA) is 28.2 Å². The van der Waals surface area contributed by atoms with E-state index in [0.717, 1.165) is 32.6 Å². The molecule has 6 rings (SSSR count). The number of nitriles is 1. The number of hydrogen-bond acceptors (Lipinski definition) is 1. The minimum atomic E-state index is 0.772. The molecule has 0 spiro atoms. The highest BCUT2D eigenvalue weighted by atomic mass is 14.9. The second kappa shape index (κ2) is 4.28. The Morgan fingerprint density at radius 2 is 1.40 bits per heavy atom. The van der Waals surface area contributed by atoms with E-state index in [2.05, 4.69) is 65.1 Å². The van der Waals surface area contributed by atoms with Gasteiger partial charge in [0.25, 0.3) is 0 Å². The molecule has 0 saturated heterocycles. The van der Waals surface area contributed by atoms with Gasteiger partial charge >= 0.3 is 0 Å². The van der Waals surface area contributed by atoms with E-state index in [1.54, 1.807) is 0 Å². The summed E-state index contributed by atoms with van der Waals surface area (Å²) in [6, 6.07) is 27.8. The number of hydrogen-bond donors (Lipinski definition) is 0. The van der Waals surface area contributed by atoms with Gasteiger partial charge < -0.3 is 4.40 Å². The Hall–Kier alpha value is -3.57. The maximum atomic E-state index is 9.93. The van der Waals surface area contributed by atoms with Crippen LogP contribution in [0, 0.1) is 11.3 Å². The molecule has 0 aliphatic rings. The van der Waals surface area contributed by atoms with Crippen LogP contribution in [-0.4, -0.2) is 4.40 Å². The predicted molar refractivity (Wildman–Crippen MR) is 103 cm³/mol. The third-order valence-electron chi connectivity index (χ3n) is 5.35. The average molecular weight is 316 g/mol. The van der Waals surface area contributed by atoms with Gasteiger partial charge in [0.05, 0.1) is 22.1 Å². The monoisotopic (exact) mass is 316 g/mol. The molecule has 2 heteroatoms. The summed E-state index contributed by atoms with van der Waals surface area (Å²) in [7, 11) is 0. The van der Waals surface area contributed by atoms with Crippen LogP contribution in [0.2, 0.25) is 0 Å².